The van der Waals surface area contributed by atoms with Gasteiger partial charge in [0.1, 0.15) is 29.9 Å². The molecule has 4 N–H and O–H groups in total. The summed E-state index contributed by atoms with van der Waals surface area (Å²) in [6.45, 7) is 1.64. The zero-order chi connectivity index (χ0) is 25.3. The van der Waals surface area contributed by atoms with E-state index in [1.54, 1.807) is 29.1 Å². The number of ketones is 1. The van der Waals surface area contributed by atoms with Crippen LogP contribution in [0.3, 0.4) is 0 Å². The van der Waals surface area contributed by atoms with Gasteiger partial charge in [0.2, 0.25) is 0 Å². The summed E-state index contributed by atoms with van der Waals surface area (Å²) in [5.74, 6) is -2.28. The Kier molecular flexibility index (Phi) is 6.84. The van der Waals surface area contributed by atoms with Gasteiger partial charge in [-0.1, -0.05) is 5.16 Å². The molecule has 0 aliphatic carbocycles. The number of nitrogens with zero attached hydrogens (tertiary/aromatic N) is 4. The van der Waals surface area contributed by atoms with Crippen molar-refractivity contribution in [2.24, 2.45) is 5.16 Å². The van der Waals surface area contributed by atoms with E-state index in [0.29, 0.717) is 16.9 Å². The molecule has 0 unspecified atom stereocenters. The molecule has 0 aromatic carbocycles. The Labute approximate surface area is 207 Å². The van der Waals surface area contributed by atoms with E-state index < -0.39 is 29.2 Å². The number of anilines is 1. The number of nitrogens with two attached hydrogens (primary N) is 1. The van der Waals surface area contributed by atoms with Crippen LogP contribution in [-0.4, -0.2) is 68.5 Å². The molecule has 2 aromatic heterocycles. The fourth-order valence-corrected chi connectivity index (χ4v) is 5.64. The molecule has 4 rings (SSSR count). The Morgan fingerprint density at radius 2 is 2.20 bits per heavy atom. The number of carbonyl (C=O) groups is 4. The smallest absolute Gasteiger partial charge is 0.352 e. The number of Topliss-reactive ketones (excluding diaryl/α,β-unsaturated/α-hetero) is 1. The third kappa shape index (κ3) is 4.74. The first-order chi connectivity index (χ1) is 16.7. The number of carbonyl (C=O) groups excluding carboxylic acids is 3. The lowest BCUT2D eigenvalue weighted by Crippen LogP contribution is -2.71. The number of pyridine rings is 1. The zero-order valence-corrected chi connectivity index (χ0v) is 20.3. The van der Waals surface area contributed by atoms with Gasteiger partial charge in [0.15, 0.2) is 35.6 Å². The first-order valence-electron chi connectivity index (χ1n) is 10.2. The Morgan fingerprint density at radius 1 is 1.43 bits per heavy atom. The van der Waals surface area contributed by atoms with Crippen LogP contribution < -0.4 is 15.6 Å². The van der Waals surface area contributed by atoms with Gasteiger partial charge in [-0.15, -0.1) is 23.1 Å². The summed E-state index contributed by atoms with van der Waals surface area (Å²) >= 11 is 2.45. The second-order valence-corrected chi connectivity index (χ2v) is 9.63. The molecule has 4 heterocycles. The molecule has 2 aliphatic heterocycles. The number of fused-ring (bicyclic) bond motifs is 1. The molecule has 0 radical (unpaired) electrons. The van der Waals surface area contributed by atoms with Crippen molar-refractivity contribution in [1.82, 2.24) is 15.2 Å². The zero-order valence-electron chi connectivity index (χ0n) is 18.6. The minimum Gasteiger partial charge on any atom is -0.477 e. The van der Waals surface area contributed by atoms with Gasteiger partial charge in [0, 0.05) is 22.8 Å². The molecule has 35 heavy (non-hydrogen) atoms. The second-order valence-electron chi connectivity index (χ2n) is 7.63. The number of thioether (sulfide) groups is 1. The van der Waals surface area contributed by atoms with Crippen LogP contribution >= 0.6 is 23.1 Å². The Bertz CT molecular complexity index is 1290. The number of hydrogen-bond donors (Lipinski definition) is 3. The van der Waals surface area contributed by atoms with E-state index >= 15 is 0 Å². The number of aliphatic carboxylic acids is 1. The summed E-state index contributed by atoms with van der Waals surface area (Å²) in [4.78, 5) is 59.5. The van der Waals surface area contributed by atoms with Crippen LogP contribution in [0.5, 0.6) is 0 Å². The van der Waals surface area contributed by atoms with E-state index in [0.717, 1.165) is 11.3 Å². The highest BCUT2D eigenvalue weighted by molar-refractivity contribution is 8.00. The van der Waals surface area contributed by atoms with Gasteiger partial charge in [-0.25, -0.2) is 14.3 Å². The van der Waals surface area contributed by atoms with Crippen molar-refractivity contribution in [3.8, 4) is 0 Å². The van der Waals surface area contributed by atoms with Gasteiger partial charge < -0.3 is 21.0 Å². The van der Waals surface area contributed by atoms with Crippen molar-refractivity contribution in [2.75, 3.05) is 18.6 Å². The molecule has 182 valence electrons. The first-order valence-corrected chi connectivity index (χ1v) is 12.2. The number of aromatic nitrogens is 2. The highest BCUT2D eigenvalue weighted by Crippen LogP contribution is 2.40. The van der Waals surface area contributed by atoms with Crippen molar-refractivity contribution in [2.45, 2.75) is 24.9 Å². The summed E-state index contributed by atoms with van der Waals surface area (Å²) in [5.41, 5.74) is 6.57. The Hall–Kier alpha value is -3.78. The van der Waals surface area contributed by atoms with Crippen molar-refractivity contribution in [3.05, 3.63) is 52.4 Å². The fraction of sp³-hybridized carbons (Fsp3) is 0.286. The van der Waals surface area contributed by atoms with Gasteiger partial charge in [0.25, 0.3) is 11.8 Å². The maximum atomic E-state index is 13.0. The number of nitrogens with one attached hydrogen (secondary N) is 1. The van der Waals surface area contributed by atoms with E-state index in [2.05, 4.69) is 15.5 Å². The van der Waals surface area contributed by atoms with Gasteiger partial charge in [-0.05, 0) is 13.0 Å². The predicted octanol–water partition coefficient (Wildman–Crippen LogP) is 0.00470. The minimum atomic E-state index is -1.24. The molecule has 0 bridgehead atoms. The minimum absolute atomic E-state index is 0.113. The van der Waals surface area contributed by atoms with E-state index in [4.69, 9.17) is 10.6 Å². The van der Waals surface area contributed by atoms with Gasteiger partial charge >= 0.3 is 5.97 Å². The Balaban J connectivity index is 1.54. The number of amides is 2. The van der Waals surface area contributed by atoms with Crippen molar-refractivity contribution in [3.63, 3.8) is 0 Å². The number of carboxylic acids is 1. The van der Waals surface area contributed by atoms with E-state index in [9.17, 15) is 24.3 Å². The average molecular weight is 518 g/mol. The first kappa shape index (κ1) is 24.3. The predicted molar refractivity (Wildman–Crippen MR) is 126 cm³/mol. The number of β-lactam (4-membered cyclic amide) rings is 1. The molecule has 2 atom stereocenters. The second kappa shape index (κ2) is 9.84. The highest BCUT2D eigenvalue weighted by Gasteiger charge is 2.54. The topological polar surface area (TPSA) is 168 Å². The molecular weight excluding hydrogens is 496 g/mol. The number of carboxylic acid groups (broad SMARTS) is 1. The molecule has 2 aromatic rings. The third-order valence-corrected chi connectivity index (χ3v) is 7.35. The van der Waals surface area contributed by atoms with Gasteiger partial charge in [0.05, 0.1) is 5.56 Å². The lowest BCUT2D eigenvalue weighted by Gasteiger charge is -2.49. The van der Waals surface area contributed by atoms with Crippen LogP contribution in [0, 0.1) is 0 Å². The third-order valence-electron chi connectivity index (χ3n) is 5.34. The fourth-order valence-electron chi connectivity index (χ4n) is 3.76. The van der Waals surface area contributed by atoms with Crippen LogP contribution in [0.2, 0.25) is 0 Å². The van der Waals surface area contributed by atoms with Crippen LogP contribution in [0.25, 0.3) is 0 Å². The van der Waals surface area contributed by atoms with Crippen LogP contribution in [-0.2, 0) is 25.8 Å². The standard InChI is InChI=1S/C21H20N6O6S2/c1-10(28)11-4-3-5-26(6-11)7-12-8-34-19-15(18(30)27(19)16(12)20(31)32)24-17(29)14(25-33-2)13-9-35-21(22)23-13/h3-6,9,15,19H,7-8H2,1-2H3,(H3-,22,23,24,29,31,32)/p+1/b25-14-/t15-,19-/m1/s1. The van der Waals surface area contributed by atoms with Crippen LogP contribution in [0.1, 0.15) is 23.0 Å². The lowest BCUT2D eigenvalue weighted by atomic mass is 10.0. The van der Waals surface area contributed by atoms with Gasteiger partial charge in [-0.3, -0.25) is 19.3 Å². The van der Waals surface area contributed by atoms with Crippen LogP contribution in [0.4, 0.5) is 5.13 Å². The largest absolute Gasteiger partial charge is 0.477 e. The normalized spacial score (nSPS) is 19.7. The van der Waals surface area contributed by atoms with E-state index in [1.165, 1.54) is 36.1 Å². The summed E-state index contributed by atoms with van der Waals surface area (Å²) in [6, 6.07) is 2.42. The summed E-state index contributed by atoms with van der Waals surface area (Å²) < 4.78 is 1.70. The average Bonchev–Trinajstić information content (AvgIpc) is 3.26. The number of hydrogen-bond acceptors (Lipinski definition) is 10. The Morgan fingerprint density at radius 3 is 2.83 bits per heavy atom. The monoisotopic (exact) mass is 517 g/mol. The highest BCUT2D eigenvalue weighted by atomic mass is 32.2. The summed E-state index contributed by atoms with van der Waals surface area (Å²) in [6.07, 6.45) is 3.35. The maximum absolute atomic E-state index is 13.0. The number of thiazole rings is 1. The van der Waals surface area contributed by atoms with Gasteiger partial charge in [-0.2, -0.15) is 0 Å². The molecule has 12 nitrogen and oxygen atoms in total. The SMILES string of the molecule is CO/N=C(\C(=O)N[C@@H]1C(=O)N2C(C(=O)O)=C(C[n+]3cccc(C(C)=O)c3)CS[C@H]12)c1csc(N)n1. The quantitative estimate of drug-likeness (QED) is 0.144. The summed E-state index contributed by atoms with van der Waals surface area (Å²) in [5, 5.41) is 17.4. The maximum Gasteiger partial charge on any atom is 0.352 e. The molecule has 0 saturated carbocycles. The van der Waals surface area contributed by atoms with Crippen LogP contribution in [0.15, 0.2) is 46.3 Å². The van der Waals surface area contributed by atoms with Crippen molar-refractivity contribution < 1.29 is 33.7 Å². The molecule has 2 aliphatic rings. The molecular formula is C21H21N6O6S2+. The lowest BCUT2D eigenvalue weighted by molar-refractivity contribution is -0.689. The number of nitrogen functional groups attached to an aromatic ring is 1. The van der Waals surface area contributed by atoms with E-state index in [1.807, 2.05) is 0 Å². The molecule has 0 spiro atoms. The molecule has 1 fully saturated rings. The molecule has 2 amide bonds. The molecule has 1 saturated heterocycles. The van der Waals surface area contributed by atoms with Crippen molar-refractivity contribution in [1.29, 1.82) is 0 Å². The van der Waals surface area contributed by atoms with Crippen molar-refractivity contribution >= 4 is 57.5 Å². The van der Waals surface area contributed by atoms with E-state index in [-0.39, 0.29) is 34.6 Å². The number of rotatable bonds is 8. The number of oxime groups is 1. The summed E-state index contributed by atoms with van der Waals surface area (Å²) in [7, 11) is 1.27. The molecule has 14 heteroatoms.